The van der Waals surface area contributed by atoms with Crippen LogP contribution in [-0.4, -0.2) is 217 Å². The second kappa shape index (κ2) is 31.2. The van der Waals surface area contributed by atoms with Gasteiger partial charge in [-0.1, -0.05) is 56.3 Å². The number of aromatic hydroxyl groups is 1. The summed E-state index contributed by atoms with van der Waals surface area (Å²) in [6.45, 7) is 5.38. The Hall–Kier alpha value is -7.83. The molecule has 2 aromatic rings. The zero-order chi connectivity index (χ0) is 62.1. The van der Waals surface area contributed by atoms with E-state index >= 15 is 0 Å². The molecule has 5 rings (SSSR count). The van der Waals surface area contributed by atoms with E-state index in [1.165, 1.54) is 43.0 Å². The van der Waals surface area contributed by atoms with Crippen LogP contribution in [0.5, 0.6) is 5.75 Å². The molecular weight excluding hydrogens is 1100 g/mol. The van der Waals surface area contributed by atoms with Crippen LogP contribution in [0.4, 0.5) is 0 Å². The summed E-state index contributed by atoms with van der Waals surface area (Å²) in [5.74, 6) is -10.6. The van der Waals surface area contributed by atoms with Crippen molar-refractivity contribution in [3.05, 3.63) is 65.7 Å². The first-order valence-electron chi connectivity index (χ1n) is 27.8. The van der Waals surface area contributed by atoms with Crippen molar-refractivity contribution >= 4 is 65.0 Å². The number of phenols is 1. The topological polar surface area (TPSA) is 447 Å². The summed E-state index contributed by atoms with van der Waals surface area (Å²) in [6.07, 6.45) is -7.09. The molecule has 0 aliphatic carbocycles. The maximum absolute atomic E-state index is 14.8. The maximum Gasteiger partial charge on any atom is 0.326 e. The molecule has 3 saturated heterocycles. The molecule has 29 nitrogen and oxygen atoms in total. The molecule has 84 heavy (non-hydrogen) atoms. The number of amides is 10. The number of carboxylic acids is 1. The Morgan fingerprint density at radius 1 is 0.631 bits per heavy atom. The summed E-state index contributed by atoms with van der Waals surface area (Å²) >= 11 is 0. The molecule has 0 aromatic heterocycles. The average molecular weight is 1180 g/mol. The lowest BCUT2D eigenvalue weighted by atomic mass is 9.95. The number of likely N-dealkylation sites (tertiary alicyclic amines) is 2. The first-order valence-corrected chi connectivity index (χ1v) is 27.8. The summed E-state index contributed by atoms with van der Waals surface area (Å²) in [6, 6.07) is 0.192. The molecule has 3 aliphatic rings. The standard InChI is InChI=1S/C55H79N11O18/c1-27(2)21-37(55(82)83)62-46(74)28(3)57-50(78)39-13-10-20-66(39)54(81)36(23-32-15-17-33(70)18-16-32)61-48(76)35(24-42(71)64-52-43(59-30(5)69)45(73)44(72)41(26-68)84-52)60-49(77)38(25-67)63-51(79)40-14-9-19-65(40)53(80)29(4)58-47(75)34(56)22-31-11-7-6-8-12-31/h6-8,11-12,15-18,27-29,34-41,43-45,52,67-68,70,72-73H,9-10,13-14,19-26,56H2,1-5H3,(H,57,78)(H,58,75)(H,59,69)(H,60,77)(H,61,76)(H,62,74)(H,63,79)(H,64,71)(H,82,83)/t28-,29-,34-,35-,36-,37-,38-,39-,40-,41+,43+,44-,45+,52-/m0/s1. The van der Waals surface area contributed by atoms with Crippen molar-refractivity contribution in [2.75, 3.05) is 26.3 Å². The van der Waals surface area contributed by atoms with Gasteiger partial charge >= 0.3 is 5.97 Å². The van der Waals surface area contributed by atoms with Gasteiger partial charge in [0.15, 0.2) is 6.23 Å². The van der Waals surface area contributed by atoms with Crippen LogP contribution in [0.1, 0.15) is 84.3 Å². The van der Waals surface area contributed by atoms with Gasteiger partial charge in [-0.2, -0.15) is 0 Å². The highest BCUT2D eigenvalue weighted by Gasteiger charge is 2.47. The fourth-order valence-corrected chi connectivity index (χ4v) is 10.1. The van der Waals surface area contributed by atoms with E-state index in [-0.39, 0.29) is 63.3 Å². The van der Waals surface area contributed by atoms with E-state index in [1.807, 2.05) is 0 Å². The summed E-state index contributed by atoms with van der Waals surface area (Å²) in [4.78, 5) is 152. The van der Waals surface area contributed by atoms with Gasteiger partial charge in [-0.05, 0) is 81.5 Å². The molecule has 14 atom stereocenters. The fourth-order valence-electron chi connectivity index (χ4n) is 10.1. The van der Waals surface area contributed by atoms with Crippen molar-refractivity contribution in [3.8, 4) is 5.75 Å². The number of nitrogens with zero attached hydrogens (tertiary/aromatic N) is 2. The molecule has 2 aromatic carbocycles. The SMILES string of the molecule is CC(=O)N[C@@H]1[C@@H](O)[C@@H](O)[C@@H](CO)O[C@@H]1NC(=O)C[C@H](NC(=O)[C@H](CO)NC(=O)[C@@H]1CCCN1C(=O)[C@H](C)NC(=O)[C@@H](N)Cc1ccccc1)C(=O)N[C@@H](Cc1ccc(O)cc1)C(=O)N1CCC[C@H]1C(=O)N[C@@H](C)C(=O)N[C@@H](CC(C)C)C(=O)O. The predicted octanol–water partition coefficient (Wildman–Crippen LogP) is -4.99. The van der Waals surface area contributed by atoms with Gasteiger partial charge in [0.25, 0.3) is 0 Å². The minimum absolute atomic E-state index is 0.0396. The number of rotatable bonds is 27. The van der Waals surface area contributed by atoms with Crippen molar-refractivity contribution in [2.45, 2.75) is 171 Å². The number of carboxylic acid groups (broad SMARTS) is 1. The van der Waals surface area contributed by atoms with E-state index in [0.717, 1.165) is 17.4 Å². The van der Waals surface area contributed by atoms with Crippen LogP contribution in [0.15, 0.2) is 54.6 Å². The Balaban J connectivity index is 1.39. The number of aliphatic hydroxyl groups excluding tert-OH is 4. The highest BCUT2D eigenvalue weighted by atomic mass is 16.5. The van der Waals surface area contributed by atoms with Gasteiger partial charge in [-0.3, -0.25) is 47.9 Å². The number of nitrogens with one attached hydrogen (secondary N) is 8. The quantitative estimate of drug-likeness (QED) is 0.0398. The number of hydrogen-bond acceptors (Lipinski definition) is 18. The van der Waals surface area contributed by atoms with E-state index in [2.05, 4.69) is 42.5 Å². The molecular formula is C55H79N11O18. The highest BCUT2D eigenvalue weighted by Crippen LogP contribution is 2.24. The number of benzene rings is 2. The number of nitrogens with two attached hydrogens (primary N) is 1. The normalized spacial score (nSPS) is 22.8. The van der Waals surface area contributed by atoms with Gasteiger partial charge in [0.1, 0.15) is 78.4 Å². The average Bonchev–Trinajstić information content (AvgIpc) is 4.35. The third-order valence-electron chi connectivity index (χ3n) is 14.5. The van der Waals surface area contributed by atoms with Crippen LogP contribution < -0.4 is 48.3 Å². The Labute approximate surface area is 484 Å². The molecule has 16 N–H and O–H groups in total. The van der Waals surface area contributed by atoms with Gasteiger partial charge in [0.05, 0.1) is 25.7 Å². The maximum atomic E-state index is 14.8. The Morgan fingerprint density at radius 2 is 1.19 bits per heavy atom. The highest BCUT2D eigenvalue weighted by molar-refractivity contribution is 5.99. The van der Waals surface area contributed by atoms with Crippen LogP contribution in [0.2, 0.25) is 0 Å². The van der Waals surface area contributed by atoms with Gasteiger partial charge in [0, 0.05) is 26.4 Å². The number of hydrogen-bond donors (Lipinski definition) is 15. The van der Waals surface area contributed by atoms with Crippen LogP contribution in [0.3, 0.4) is 0 Å². The molecule has 10 amide bonds. The van der Waals surface area contributed by atoms with Gasteiger partial charge in [0.2, 0.25) is 59.1 Å². The minimum atomic E-state index is -2.03. The molecule has 3 heterocycles. The lowest BCUT2D eigenvalue weighted by Gasteiger charge is -2.42. The van der Waals surface area contributed by atoms with Crippen molar-refractivity contribution < 1.29 is 88.1 Å². The fraction of sp³-hybridized carbons (Fsp3) is 0.582. The summed E-state index contributed by atoms with van der Waals surface area (Å²) < 4.78 is 5.62. The van der Waals surface area contributed by atoms with Crippen LogP contribution in [0.25, 0.3) is 0 Å². The molecule has 29 heteroatoms. The van der Waals surface area contributed by atoms with E-state index in [4.69, 9.17) is 10.5 Å². The van der Waals surface area contributed by atoms with Crippen molar-refractivity contribution in [1.29, 1.82) is 0 Å². The minimum Gasteiger partial charge on any atom is -0.508 e. The number of ether oxygens (including phenoxy) is 1. The second-order valence-electron chi connectivity index (χ2n) is 21.7. The third kappa shape index (κ3) is 18.6. The summed E-state index contributed by atoms with van der Waals surface area (Å²) in [7, 11) is 0. The third-order valence-corrected chi connectivity index (χ3v) is 14.5. The summed E-state index contributed by atoms with van der Waals surface area (Å²) in [5, 5.41) is 81.1. The lowest BCUT2D eigenvalue weighted by molar-refractivity contribution is -0.203. The number of carbonyl (C=O) groups is 11. The molecule has 0 bridgehead atoms. The predicted molar refractivity (Wildman–Crippen MR) is 295 cm³/mol. The Bertz CT molecular complexity index is 2670. The molecule has 0 saturated carbocycles. The van der Waals surface area contributed by atoms with Crippen molar-refractivity contribution in [1.82, 2.24) is 52.3 Å². The lowest BCUT2D eigenvalue weighted by Crippen LogP contribution is -2.68. The van der Waals surface area contributed by atoms with E-state index in [9.17, 15) is 83.4 Å². The Kier molecular flexibility index (Phi) is 24.9. The molecule has 0 radical (unpaired) electrons. The molecule has 0 spiro atoms. The van der Waals surface area contributed by atoms with Crippen LogP contribution in [0, 0.1) is 5.92 Å². The van der Waals surface area contributed by atoms with Gasteiger partial charge in [-0.15, -0.1) is 0 Å². The van der Waals surface area contributed by atoms with Gasteiger partial charge in [-0.25, -0.2) is 4.79 Å². The zero-order valence-electron chi connectivity index (χ0n) is 47.4. The van der Waals surface area contributed by atoms with E-state index < -0.39 is 170 Å². The number of carbonyl (C=O) groups excluding carboxylic acids is 10. The monoisotopic (exact) mass is 1180 g/mol. The molecule has 3 aliphatic heterocycles. The first-order chi connectivity index (χ1) is 39.7. The Morgan fingerprint density at radius 3 is 1.76 bits per heavy atom. The van der Waals surface area contributed by atoms with E-state index in [0.29, 0.717) is 12.0 Å². The first kappa shape index (κ1) is 67.0. The van der Waals surface area contributed by atoms with Crippen molar-refractivity contribution in [2.24, 2.45) is 11.7 Å². The van der Waals surface area contributed by atoms with Crippen molar-refractivity contribution in [3.63, 3.8) is 0 Å². The van der Waals surface area contributed by atoms with Gasteiger partial charge < -0.3 is 93.4 Å². The van der Waals surface area contributed by atoms with E-state index in [1.54, 1.807) is 44.2 Å². The second-order valence-corrected chi connectivity index (χ2v) is 21.7. The number of aliphatic carboxylic acids is 1. The zero-order valence-corrected chi connectivity index (χ0v) is 47.4. The summed E-state index contributed by atoms with van der Waals surface area (Å²) in [5.41, 5.74) is 7.27. The molecule has 0 unspecified atom stereocenters. The molecule has 3 fully saturated rings. The smallest absolute Gasteiger partial charge is 0.326 e. The largest absolute Gasteiger partial charge is 0.508 e. The van der Waals surface area contributed by atoms with Crippen LogP contribution in [-0.2, 0) is 70.3 Å². The number of aliphatic hydroxyl groups is 4. The molecule has 462 valence electrons. The number of phenolic OH excluding ortho intramolecular Hbond substituents is 1. The van der Waals surface area contributed by atoms with Crippen LogP contribution >= 0.6 is 0 Å².